The number of aryl methyl sites for hydroxylation is 1. The molecule has 0 spiro atoms. The Bertz CT molecular complexity index is 1340. The lowest BCUT2D eigenvalue weighted by atomic mass is 10.2. The molecule has 144 valence electrons. The maximum Gasteiger partial charge on any atom is 0.227 e. The average molecular weight is 467 g/mol. The molecule has 3 aromatic heterocycles. The molecule has 1 atom stereocenters. The highest BCUT2D eigenvalue weighted by atomic mass is 79.9. The van der Waals surface area contributed by atoms with Gasteiger partial charge in [0.15, 0.2) is 11.2 Å². The number of hydrogen-bond donors (Lipinski definition) is 0. The van der Waals surface area contributed by atoms with Gasteiger partial charge >= 0.3 is 0 Å². The van der Waals surface area contributed by atoms with Gasteiger partial charge in [-0.25, -0.2) is 14.4 Å². The fourth-order valence-corrected chi connectivity index (χ4v) is 4.48. The van der Waals surface area contributed by atoms with E-state index in [1.54, 1.807) is 6.20 Å². The maximum absolute atomic E-state index is 6.13. The van der Waals surface area contributed by atoms with Crippen molar-refractivity contribution in [3.05, 3.63) is 64.9 Å². The molecule has 3 heterocycles. The van der Waals surface area contributed by atoms with E-state index in [9.17, 15) is 0 Å². The Morgan fingerprint density at radius 1 is 1.10 bits per heavy atom. The topological polar surface area (TPSA) is 66.0 Å². The van der Waals surface area contributed by atoms with E-state index < -0.39 is 0 Å². The van der Waals surface area contributed by atoms with Crippen molar-refractivity contribution in [3.63, 3.8) is 0 Å². The summed E-state index contributed by atoms with van der Waals surface area (Å²) in [5.41, 5.74) is 4.45. The molecular weight excluding hydrogens is 451 g/mol. The molecule has 0 aliphatic heterocycles. The number of para-hydroxylation sites is 1. The summed E-state index contributed by atoms with van der Waals surface area (Å²) < 4.78 is 14.7. The van der Waals surface area contributed by atoms with E-state index in [0.29, 0.717) is 26.1 Å². The number of nitrogens with zero attached hydrogens (tertiary/aromatic N) is 4. The molecule has 1 unspecified atom stereocenters. The summed E-state index contributed by atoms with van der Waals surface area (Å²) in [5.74, 6) is 2.02. The quantitative estimate of drug-likeness (QED) is 0.296. The zero-order chi connectivity index (χ0) is 20.0. The van der Waals surface area contributed by atoms with Crippen molar-refractivity contribution in [1.29, 1.82) is 0 Å². The normalized spacial score (nSPS) is 11.8. The van der Waals surface area contributed by atoms with E-state index in [1.807, 2.05) is 59.9 Å². The number of aromatic nitrogens is 4. The second-order valence-electron chi connectivity index (χ2n) is 6.50. The second kappa shape index (κ2) is 7.25. The molecule has 5 rings (SSSR count). The average Bonchev–Trinajstić information content (AvgIpc) is 3.31. The van der Waals surface area contributed by atoms with Crippen LogP contribution >= 0.6 is 24.7 Å². The van der Waals surface area contributed by atoms with E-state index >= 15 is 0 Å². The lowest BCUT2D eigenvalue weighted by molar-refractivity contribution is 0.487. The molecule has 0 radical (unpaired) electrons. The molecular formula is C21H16BrN4O2P. The van der Waals surface area contributed by atoms with Crippen LogP contribution in [0, 0.1) is 6.92 Å². The highest BCUT2D eigenvalue weighted by Crippen LogP contribution is 2.36. The molecule has 8 heteroatoms. The third-order valence-electron chi connectivity index (χ3n) is 4.64. The van der Waals surface area contributed by atoms with Gasteiger partial charge in [0.2, 0.25) is 5.89 Å². The summed E-state index contributed by atoms with van der Waals surface area (Å²) >= 11 is 3.52. The number of benzene rings is 2. The van der Waals surface area contributed by atoms with E-state index in [2.05, 4.69) is 37.7 Å². The summed E-state index contributed by atoms with van der Waals surface area (Å²) in [7, 11) is 0.486. The summed E-state index contributed by atoms with van der Waals surface area (Å²) in [6, 6.07) is 15.5. The first-order valence-corrected chi connectivity index (χ1v) is 11.2. The first kappa shape index (κ1) is 18.3. The molecule has 0 amide bonds. The van der Waals surface area contributed by atoms with E-state index in [1.165, 1.54) is 0 Å². The molecule has 0 aliphatic carbocycles. The van der Waals surface area contributed by atoms with Crippen molar-refractivity contribution >= 4 is 46.8 Å². The number of pyridine rings is 1. The smallest absolute Gasteiger partial charge is 0.227 e. The number of fused-ring (bicyclic) bond motifs is 2. The molecule has 0 bridgehead atoms. The standard InChI is InChI=1S/C21H16BrN4O2P/c1-12-4-3-5-15-18(12)28-21(24-15)13-6-8-14(9-7-13)27-16-10-11-23-20-17(16)19(22)25-26(20)29-2/h3-11,29H,1-2H3. The van der Waals surface area contributed by atoms with Crippen molar-refractivity contribution in [1.82, 2.24) is 19.5 Å². The zero-order valence-electron chi connectivity index (χ0n) is 15.7. The zero-order valence-corrected chi connectivity index (χ0v) is 18.3. The minimum absolute atomic E-state index is 0.486. The summed E-state index contributed by atoms with van der Waals surface area (Å²) in [5, 5.41) is 5.34. The fourth-order valence-electron chi connectivity index (χ4n) is 3.22. The molecule has 6 nitrogen and oxygen atoms in total. The number of rotatable bonds is 4. The number of oxazole rings is 1. The van der Waals surface area contributed by atoms with Crippen LogP contribution in [0.25, 0.3) is 33.6 Å². The number of ether oxygens (including phenoxy) is 1. The van der Waals surface area contributed by atoms with Gasteiger partial charge in [0, 0.05) is 26.6 Å². The first-order valence-electron chi connectivity index (χ1n) is 8.99. The SMILES string of the molecule is CPn1nc(Br)c2c(Oc3ccc(-c4nc5cccc(C)c5o4)cc3)ccnc21. The van der Waals surface area contributed by atoms with Gasteiger partial charge in [-0.2, -0.15) is 5.10 Å². The second-order valence-corrected chi connectivity index (χ2v) is 8.12. The maximum atomic E-state index is 6.13. The van der Waals surface area contributed by atoms with Gasteiger partial charge in [-0.3, -0.25) is 0 Å². The first-order chi connectivity index (χ1) is 14.1. The lowest BCUT2D eigenvalue weighted by Crippen LogP contribution is -1.89. The van der Waals surface area contributed by atoms with Crippen LogP contribution in [0.1, 0.15) is 5.56 Å². The van der Waals surface area contributed by atoms with Gasteiger partial charge in [-0.1, -0.05) is 12.1 Å². The highest BCUT2D eigenvalue weighted by molar-refractivity contribution is 9.10. The Kier molecular flexibility index (Phi) is 4.57. The Morgan fingerprint density at radius 3 is 2.69 bits per heavy atom. The van der Waals surface area contributed by atoms with Crippen LogP contribution in [0.15, 0.2) is 63.7 Å². The molecule has 0 N–H and O–H groups in total. The van der Waals surface area contributed by atoms with Crippen molar-refractivity contribution in [2.45, 2.75) is 6.92 Å². The van der Waals surface area contributed by atoms with Gasteiger partial charge in [-0.05, 0) is 65.4 Å². The Balaban J connectivity index is 1.47. The minimum atomic E-state index is 0.486. The molecule has 29 heavy (non-hydrogen) atoms. The van der Waals surface area contributed by atoms with E-state index in [0.717, 1.165) is 37.9 Å². The predicted octanol–water partition coefficient (Wildman–Crippen LogP) is 6.17. The molecule has 0 aliphatic rings. The summed E-state index contributed by atoms with van der Waals surface area (Å²) in [4.78, 5) is 9.02. The molecule has 0 saturated heterocycles. The van der Waals surface area contributed by atoms with Crippen LogP contribution in [-0.2, 0) is 0 Å². The van der Waals surface area contributed by atoms with Crippen LogP contribution in [0.5, 0.6) is 11.5 Å². The van der Waals surface area contributed by atoms with Crippen LogP contribution in [0.4, 0.5) is 0 Å². The molecule has 5 aromatic rings. The Morgan fingerprint density at radius 2 is 1.93 bits per heavy atom. The van der Waals surface area contributed by atoms with Crippen LogP contribution in [0.2, 0.25) is 0 Å². The van der Waals surface area contributed by atoms with Crippen LogP contribution in [0.3, 0.4) is 0 Å². The Labute approximate surface area is 176 Å². The van der Waals surface area contributed by atoms with Crippen molar-refractivity contribution < 1.29 is 9.15 Å². The van der Waals surface area contributed by atoms with Gasteiger partial charge in [0.25, 0.3) is 0 Å². The van der Waals surface area contributed by atoms with Crippen molar-refractivity contribution in [2.24, 2.45) is 0 Å². The van der Waals surface area contributed by atoms with Crippen LogP contribution < -0.4 is 4.74 Å². The van der Waals surface area contributed by atoms with Gasteiger partial charge in [0.05, 0.1) is 5.39 Å². The monoisotopic (exact) mass is 466 g/mol. The van der Waals surface area contributed by atoms with Gasteiger partial charge in [-0.15, -0.1) is 0 Å². The van der Waals surface area contributed by atoms with E-state index in [-0.39, 0.29) is 0 Å². The number of hydrogen-bond acceptors (Lipinski definition) is 5. The van der Waals surface area contributed by atoms with Crippen LogP contribution in [-0.4, -0.2) is 26.2 Å². The molecule has 0 saturated carbocycles. The third-order valence-corrected chi connectivity index (χ3v) is 5.93. The van der Waals surface area contributed by atoms with Gasteiger partial charge in [0.1, 0.15) is 21.6 Å². The predicted molar refractivity (Wildman–Crippen MR) is 119 cm³/mol. The summed E-state index contributed by atoms with van der Waals surface area (Å²) in [6.45, 7) is 4.07. The Hall–Kier alpha value is -2.76. The summed E-state index contributed by atoms with van der Waals surface area (Å²) in [6.07, 6.45) is 1.73. The minimum Gasteiger partial charge on any atom is -0.456 e. The lowest BCUT2D eigenvalue weighted by Gasteiger charge is -2.07. The van der Waals surface area contributed by atoms with Gasteiger partial charge < -0.3 is 9.15 Å². The third kappa shape index (κ3) is 3.20. The highest BCUT2D eigenvalue weighted by Gasteiger charge is 2.15. The molecule has 2 aromatic carbocycles. The van der Waals surface area contributed by atoms with Crippen molar-refractivity contribution in [3.8, 4) is 23.0 Å². The number of halogens is 1. The fraction of sp³-hybridized carbons (Fsp3) is 0.0952. The van der Waals surface area contributed by atoms with E-state index in [4.69, 9.17) is 9.15 Å². The largest absolute Gasteiger partial charge is 0.456 e. The van der Waals surface area contributed by atoms with Crippen molar-refractivity contribution in [2.75, 3.05) is 6.66 Å². The molecule has 0 fully saturated rings.